The lowest BCUT2D eigenvalue weighted by Gasteiger charge is -2.19. The second-order valence-corrected chi connectivity index (χ2v) is 9.78. The second-order valence-electron chi connectivity index (χ2n) is 7.94. The number of nitrogens with one attached hydrogen (secondary N) is 3. The molecule has 1 atom stereocenters. The van der Waals surface area contributed by atoms with Crippen molar-refractivity contribution in [3.05, 3.63) is 96.1 Å². The summed E-state index contributed by atoms with van der Waals surface area (Å²) < 4.78 is 31.7. The van der Waals surface area contributed by atoms with Crippen molar-refractivity contribution in [2.45, 2.75) is 32.4 Å². The van der Waals surface area contributed by atoms with E-state index < -0.39 is 28.1 Å². The number of rotatable bonds is 11. The van der Waals surface area contributed by atoms with E-state index in [9.17, 15) is 18.0 Å². The van der Waals surface area contributed by atoms with Crippen molar-refractivity contribution in [3.63, 3.8) is 0 Å². The van der Waals surface area contributed by atoms with Crippen molar-refractivity contribution in [1.29, 1.82) is 0 Å². The van der Waals surface area contributed by atoms with Gasteiger partial charge in [-0.05, 0) is 41.8 Å². The number of hydrogen-bond donors (Lipinski definition) is 3. The summed E-state index contributed by atoms with van der Waals surface area (Å²) in [5.41, 5.74) is 2.57. The Kier molecular flexibility index (Phi) is 9.25. The Morgan fingerprint density at radius 3 is 2.00 bits per heavy atom. The molecule has 0 aromatic heterocycles. The Balaban J connectivity index is 1.65. The minimum atomic E-state index is -3.41. The van der Waals surface area contributed by atoms with Gasteiger partial charge in [0.1, 0.15) is 12.6 Å². The number of carbonyl (C=O) groups is 2. The van der Waals surface area contributed by atoms with Crippen LogP contribution in [0.3, 0.4) is 0 Å². The third kappa shape index (κ3) is 8.78. The molecule has 3 N–H and O–H groups in total. The molecule has 0 heterocycles. The van der Waals surface area contributed by atoms with Crippen molar-refractivity contribution in [2.75, 3.05) is 15.8 Å². The third-order valence-electron chi connectivity index (χ3n) is 5.00. The van der Waals surface area contributed by atoms with Crippen molar-refractivity contribution < 1.29 is 22.7 Å². The van der Waals surface area contributed by atoms with Crippen molar-refractivity contribution in [3.8, 4) is 0 Å². The molecule has 3 aromatic rings. The molecule has 0 unspecified atom stereocenters. The number of alkyl carbamates (subject to hydrolysis) is 1. The monoisotopic (exact) mass is 495 g/mol. The minimum Gasteiger partial charge on any atom is -0.445 e. The molecule has 0 saturated heterocycles. The maximum Gasteiger partial charge on any atom is 0.408 e. The highest BCUT2D eigenvalue weighted by Crippen LogP contribution is 2.16. The molecule has 0 bridgehead atoms. The zero-order valence-corrected chi connectivity index (χ0v) is 20.3. The fourth-order valence-corrected chi connectivity index (χ4v) is 4.45. The molecule has 0 spiro atoms. The van der Waals surface area contributed by atoms with Gasteiger partial charge in [0.2, 0.25) is 15.9 Å². The first-order valence-corrected chi connectivity index (χ1v) is 12.9. The van der Waals surface area contributed by atoms with Crippen molar-refractivity contribution >= 4 is 33.4 Å². The van der Waals surface area contributed by atoms with Gasteiger partial charge >= 0.3 is 6.09 Å². The summed E-state index contributed by atoms with van der Waals surface area (Å²) in [6, 6.07) is 24.0. The lowest BCUT2D eigenvalue weighted by Crippen LogP contribution is -2.45. The molecule has 3 rings (SSSR count). The molecule has 0 saturated carbocycles. The molecule has 35 heavy (non-hydrogen) atoms. The van der Waals surface area contributed by atoms with Crippen LogP contribution in [0, 0.1) is 0 Å². The standard InChI is InChI=1S/C26H29N3O5S/c1-2-17-35(32,33)29-23-15-13-22(14-16-23)27-25(30)24(18-20-9-5-3-6-10-20)28-26(31)34-19-21-11-7-4-8-12-21/h3-16,24,29H,2,17-19H2,1H3,(H,27,30)(H,28,31)/t24-/m0/s1. The van der Waals surface area contributed by atoms with Crippen LogP contribution in [0.1, 0.15) is 24.5 Å². The molecular formula is C26H29N3O5S. The first-order valence-electron chi connectivity index (χ1n) is 11.3. The molecule has 0 aliphatic rings. The van der Waals surface area contributed by atoms with Gasteiger partial charge in [-0.2, -0.15) is 0 Å². The van der Waals surface area contributed by atoms with E-state index in [2.05, 4.69) is 15.4 Å². The van der Waals surface area contributed by atoms with E-state index >= 15 is 0 Å². The van der Waals surface area contributed by atoms with Gasteiger partial charge in [-0.25, -0.2) is 13.2 Å². The molecule has 9 heteroatoms. The Morgan fingerprint density at radius 2 is 1.40 bits per heavy atom. The predicted octanol–water partition coefficient (Wildman–Crippen LogP) is 4.31. The molecular weight excluding hydrogens is 466 g/mol. The Morgan fingerprint density at radius 1 is 0.829 bits per heavy atom. The van der Waals surface area contributed by atoms with Crippen LogP contribution in [0.5, 0.6) is 0 Å². The highest BCUT2D eigenvalue weighted by molar-refractivity contribution is 7.92. The Hall–Kier alpha value is -3.85. The third-order valence-corrected chi connectivity index (χ3v) is 6.50. The molecule has 3 aromatic carbocycles. The van der Waals surface area contributed by atoms with Crippen LogP contribution < -0.4 is 15.4 Å². The van der Waals surface area contributed by atoms with Crippen LogP contribution in [0.4, 0.5) is 16.2 Å². The van der Waals surface area contributed by atoms with Gasteiger partial charge in [-0.1, -0.05) is 67.6 Å². The number of carbonyl (C=O) groups excluding carboxylic acids is 2. The SMILES string of the molecule is CCCS(=O)(=O)Nc1ccc(NC(=O)[C@H](Cc2ccccc2)NC(=O)OCc2ccccc2)cc1. The van der Waals surface area contributed by atoms with Crippen molar-refractivity contribution in [1.82, 2.24) is 5.32 Å². The van der Waals surface area contributed by atoms with Gasteiger partial charge in [-0.15, -0.1) is 0 Å². The number of amides is 2. The van der Waals surface area contributed by atoms with Crippen LogP contribution in [0.2, 0.25) is 0 Å². The predicted molar refractivity (Wildman–Crippen MR) is 136 cm³/mol. The Bertz CT molecular complexity index is 1200. The van der Waals surface area contributed by atoms with Gasteiger partial charge in [0.15, 0.2) is 0 Å². The van der Waals surface area contributed by atoms with Crippen LogP contribution in [0.15, 0.2) is 84.9 Å². The average Bonchev–Trinajstić information content (AvgIpc) is 2.84. The van der Waals surface area contributed by atoms with Crippen LogP contribution >= 0.6 is 0 Å². The van der Waals surface area contributed by atoms with Crippen LogP contribution in [0.25, 0.3) is 0 Å². The molecule has 0 fully saturated rings. The topological polar surface area (TPSA) is 114 Å². The smallest absolute Gasteiger partial charge is 0.408 e. The summed E-state index contributed by atoms with van der Waals surface area (Å²) >= 11 is 0. The summed E-state index contributed by atoms with van der Waals surface area (Å²) in [6.07, 6.45) is 0.0698. The fourth-order valence-electron chi connectivity index (χ4n) is 3.32. The highest BCUT2D eigenvalue weighted by atomic mass is 32.2. The van der Waals surface area contributed by atoms with E-state index in [1.807, 2.05) is 60.7 Å². The lowest BCUT2D eigenvalue weighted by molar-refractivity contribution is -0.118. The molecule has 0 aliphatic carbocycles. The van der Waals surface area contributed by atoms with E-state index in [0.717, 1.165) is 11.1 Å². The normalized spacial score (nSPS) is 11.8. The zero-order valence-electron chi connectivity index (χ0n) is 19.4. The number of anilines is 2. The zero-order chi connectivity index (χ0) is 25.1. The van der Waals surface area contributed by atoms with Gasteiger partial charge < -0.3 is 15.4 Å². The molecule has 0 radical (unpaired) electrons. The average molecular weight is 496 g/mol. The van der Waals surface area contributed by atoms with Gasteiger partial charge in [0.25, 0.3) is 0 Å². The molecule has 2 amide bonds. The van der Waals surface area contributed by atoms with E-state index in [1.54, 1.807) is 31.2 Å². The second kappa shape index (κ2) is 12.6. The summed E-state index contributed by atoms with van der Waals surface area (Å²) in [4.78, 5) is 25.5. The van der Waals surface area contributed by atoms with Crippen molar-refractivity contribution in [2.24, 2.45) is 0 Å². The van der Waals surface area contributed by atoms with Crippen LogP contribution in [-0.2, 0) is 32.6 Å². The van der Waals surface area contributed by atoms with E-state index in [1.165, 1.54) is 0 Å². The molecule has 184 valence electrons. The van der Waals surface area contributed by atoms with E-state index in [4.69, 9.17) is 4.74 Å². The molecule has 8 nitrogen and oxygen atoms in total. The summed E-state index contributed by atoms with van der Waals surface area (Å²) in [5.74, 6) is -0.400. The number of benzene rings is 3. The summed E-state index contributed by atoms with van der Waals surface area (Å²) in [5, 5.41) is 5.42. The lowest BCUT2D eigenvalue weighted by atomic mass is 10.1. The maximum atomic E-state index is 13.0. The quantitative estimate of drug-likeness (QED) is 0.367. The first-order chi connectivity index (χ1) is 16.8. The van der Waals surface area contributed by atoms with Crippen LogP contribution in [-0.4, -0.2) is 32.2 Å². The summed E-state index contributed by atoms with van der Waals surface area (Å²) in [7, 11) is -3.41. The van der Waals surface area contributed by atoms with E-state index in [-0.39, 0.29) is 18.8 Å². The maximum absolute atomic E-state index is 13.0. The fraction of sp³-hybridized carbons (Fsp3) is 0.231. The number of ether oxygens (including phenoxy) is 1. The summed E-state index contributed by atoms with van der Waals surface area (Å²) in [6.45, 7) is 1.87. The Labute approximate surface area is 205 Å². The minimum absolute atomic E-state index is 0.0265. The number of sulfonamides is 1. The van der Waals surface area contributed by atoms with Gasteiger partial charge in [0, 0.05) is 17.8 Å². The largest absolute Gasteiger partial charge is 0.445 e. The highest BCUT2D eigenvalue weighted by Gasteiger charge is 2.22. The molecule has 0 aliphatic heterocycles. The number of hydrogen-bond acceptors (Lipinski definition) is 5. The van der Waals surface area contributed by atoms with Gasteiger partial charge in [-0.3, -0.25) is 9.52 Å². The first kappa shape index (κ1) is 25.8. The van der Waals surface area contributed by atoms with Gasteiger partial charge in [0.05, 0.1) is 5.75 Å². The van der Waals surface area contributed by atoms with E-state index in [0.29, 0.717) is 17.8 Å².